The Kier molecular flexibility index (Phi) is 28.5. The van der Waals surface area contributed by atoms with Crippen LogP contribution in [0.15, 0.2) is 30.3 Å². The highest BCUT2D eigenvalue weighted by Gasteiger charge is 2.53. The van der Waals surface area contributed by atoms with Crippen molar-refractivity contribution >= 4 is 23.4 Å². The molecule has 0 saturated heterocycles. The van der Waals surface area contributed by atoms with E-state index in [0.717, 1.165) is 57.4 Å². The van der Waals surface area contributed by atoms with Crippen LogP contribution in [-0.2, 0) is 14.4 Å². The van der Waals surface area contributed by atoms with Gasteiger partial charge in [-0.15, -0.1) is 0 Å². The summed E-state index contributed by atoms with van der Waals surface area (Å²) in [5.74, 6) is -3.06. The Bertz CT molecular complexity index is 1030. The van der Waals surface area contributed by atoms with Crippen molar-refractivity contribution in [3.05, 3.63) is 35.9 Å². The molecule has 1 aromatic carbocycles. The zero-order chi connectivity index (χ0) is 38.3. The van der Waals surface area contributed by atoms with Crippen molar-refractivity contribution in [2.75, 3.05) is 7.11 Å². The Morgan fingerprint density at radius 2 is 0.865 bits per heavy atom. The molecule has 3 N–H and O–H groups in total. The zero-order valence-electron chi connectivity index (χ0n) is 33.4. The van der Waals surface area contributed by atoms with Crippen molar-refractivity contribution < 1.29 is 34.4 Å². The third-order valence-corrected chi connectivity index (χ3v) is 10.4. The van der Waals surface area contributed by atoms with Gasteiger partial charge in [-0.1, -0.05) is 199 Å². The number of carbonyl (C=O) groups is 3. The summed E-state index contributed by atoms with van der Waals surface area (Å²) >= 11 is 0. The van der Waals surface area contributed by atoms with Crippen molar-refractivity contribution in [3.8, 4) is 5.75 Å². The van der Waals surface area contributed by atoms with Gasteiger partial charge in [0.1, 0.15) is 18.0 Å². The lowest BCUT2D eigenvalue weighted by Gasteiger charge is -2.27. The van der Waals surface area contributed by atoms with Gasteiger partial charge in [-0.3, -0.25) is 14.4 Å². The third-order valence-electron chi connectivity index (χ3n) is 10.4. The first-order valence-corrected chi connectivity index (χ1v) is 21.3. The predicted octanol–water partition coefficient (Wildman–Crippen LogP) is 10.8. The summed E-state index contributed by atoms with van der Waals surface area (Å²) in [6.45, 7) is 4.47. The fourth-order valence-electron chi connectivity index (χ4n) is 6.83. The maximum absolute atomic E-state index is 13.5. The summed E-state index contributed by atoms with van der Waals surface area (Å²) in [5.41, 5.74) is -2.56. The molecule has 0 bridgehead atoms. The van der Waals surface area contributed by atoms with Gasteiger partial charge in [0.15, 0.2) is 0 Å². The molecule has 0 aliphatic rings. The average molecular weight is 729 g/mol. The summed E-state index contributed by atoms with van der Waals surface area (Å²) < 4.78 is 5.16. The van der Waals surface area contributed by atoms with Crippen LogP contribution >= 0.6 is 0 Å². The van der Waals surface area contributed by atoms with E-state index < -0.39 is 35.2 Å². The number of hydrogen-bond acceptors (Lipinski definition) is 7. The standard InChI is InChI=1S/C45H76O7/c1-4-6-8-10-12-14-16-18-20-22-24-26-28-30-40(46)43(49)45(51,42(48)37-34-38-32-35-39(52-3)36-33-38)44(50)41(47)31-29-27-25-23-21-19-17-15-13-11-9-7-5-2/h32-37,40-41,46-47,51H,4-31H2,1-3H3. The smallest absolute Gasteiger partial charge is 0.249 e. The van der Waals surface area contributed by atoms with E-state index in [-0.39, 0.29) is 12.8 Å². The number of aliphatic hydroxyl groups is 3. The van der Waals surface area contributed by atoms with Crippen LogP contribution < -0.4 is 4.74 Å². The Hall–Kier alpha value is -2.35. The molecule has 0 amide bonds. The molecule has 1 rings (SSSR count). The second kappa shape index (κ2) is 31.0. The number of ketones is 3. The number of hydrogen-bond donors (Lipinski definition) is 3. The minimum absolute atomic E-state index is 0.0383. The first-order chi connectivity index (χ1) is 25.2. The van der Waals surface area contributed by atoms with Gasteiger partial charge < -0.3 is 20.1 Å². The van der Waals surface area contributed by atoms with Gasteiger partial charge in [-0.05, 0) is 36.6 Å². The Labute approximate surface area is 317 Å². The van der Waals surface area contributed by atoms with E-state index in [1.54, 1.807) is 31.4 Å². The summed E-state index contributed by atoms with van der Waals surface area (Å²) in [4.78, 5) is 40.4. The molecular formula is C45H76O7. The molecule has 52 heavy (non-hydrogen) atoms. The van der Waals surface area contributed by atoms with E-state index >= 15 is 0 Å². The Morgan fingerprint density at radius 3 is 1.17 bits per heavy atom. The molecule has 298 valence electrons. The number of carbonyl (C=O) groups excluding carboxylic acids is 3. The lowest BCUT2D eigenvalue weighted by atomic mass is 9.81. The van der Waals surface area contributed by atoms with Crippen LogP contribution in [0.25, 0.3) is 6.08 Å². The summed E-state index contributed by atoms with van der Waals surface area (Å²) in [5, 5.41) is 33.1. The van der Waals surface area contributed by atoms with Crippen molar-refractivity contribution in [3.63, 3.8) is 0 Å². The molecule has 0 heterocycles. The maximum Gasteiger partial charge on any atom is 0.249 e. The molecule has 2 unspecified atom stereocenters. The zero-order valence-corrected chi connectivity index (χ0v) is 33.4. The van der Waals surface area contributed by atoms with Crippen molar-refractivity contribution in [1.29, 1.82) is 0 Å². The van der Waals surface area contributed by atoms with E-state index in [2.05, 4.69) is 13.8 Å². The lowest BCUT2D eigenvalue weighted by Crippen LogP contribution is -2.59. The number of rotatable bonds is 36. The number of unbranched alkanes of at least 4 members (excludes halogenated alkanes) is 24. The molecule has 7 heteroatoms. The third kappa shape index (κ3) is 20.8. The Morgan fingerprint density at radius 1 is 0.558 bits per heavy atom. The molecule has 1 aromatic rings. The maximum atomic E-state index is 13.5. The topological polar surface area (TPSA) is 121 Å². The number of aliphatic hydroxyl groups excluding tert-OH is 2. The van der Waals surface area contributed by atoms with E-state index in [1.165, 1.54) is 109 Å². The summed E-state index contributed by atoms with van der Waals surface area (Å²) in [7, 11) is 1.54. The molecule has 0 aromatic heterocycles. The van der Waals surface area contributed by atoms with Crippen LogP contribution in [0.5, 0.6) is 5.75 Å². The van der Waals surface area contributed by atoms with Gasteiger partial charge in [-0.25, -0.2) is 0 Å². The predicted molar refractivity (Wildman–Crippen MR) is 215 cm³/mol. The number of methoxy groups -OCH3 is 1. The summed E-state index contributed by atoms with van der Waals surface area (Å²) in [6.07, 6.45) is 28.9. The van der Waals surface area contributed by atoms with Gasteiger partial charge >= 0.3 is 0 Å². The molecule has 0 radical (unpaired) electrons. The highest BCUT2D eigenvalue weighted by molar-refractivity contribution is 6.32. The second-order valence-corrected chi connectivity index (χ2v) is 15.0. The fraction of sp³-hybridized carbons (Fsp3) is 0.756. The van der Waals surface area contributed by atoms with Crippen LogP contribution in [0.3, 0.4) is 0 Å². The number of ether oxygens (including phenoxy) is 1. The van der Waals surface area contributed by atoms with Crippen LogP contribution in [0.2, 0.25) is 0 Å². The van der Waals surface area contributed by atoms with Crippen LogP contribution in [0.1, 0.15) is 199 Å². The highest BCUT2D eigenvalue weighted by Crippen LogP contribution is 2.23. The second-order valence-electron chi connectivity index (χ2n) is 15.0. The van der Waals surface area contributed by atoms with Crippen LogP contribution in [-0.4, -0.2) is 57.6 Å². The molecule has 2 atom stereocenters. The number of benzene rings is 1. The molecule has 0 aliphatic carbocycles. The normalized spacial score (nSPS) is 14.0. The van der Waals surface area contributed by atoms with Crippen molar-refractivity contribution in [2.45, 2.75) is 211 Å². The van der Waals surface area contributed by atoms with Crippen molar-refractivity contribution in [2.24, 2.45) is 0 Å². The van der Waals surface area contributed by atoms with Gasteiger partial charge in [0.25, 0.3) is 0 Å². The van der Waals surface area contributed by atoms with E-state index in [0.29, 0.717) is 24.2 Å². The molecule has 0 aliphatic heterocycles. The Balaban J connectivity index is 2.62. The molecule has 0 spiro atoms. The minimum Gasteiger partial charge on any atom is -0.497 e. The van der Waals surface area contributed by atoms with E-state index in [9.17, 15) is 29.7 Å². The van der Waals surface area contributed by atoms with E-state index in [1.807, 2.05) is 0 Å². The largest absolute Gasteiger partial charge is 0.497 e. The number of Topliss-reactive ketones (excluding diaryl/α,β-unsaturated/α-hetero) is 2. The van der Waals surface area contributed by atoms with Gasteiger partial charge in [0.05, 0.1) is 7.11 Å². The monoisotopic (exact) mass is 729 g/mol. The van der Waals surface area contributed by atoms with E-state index in [4.69, 9.17) is 4.74 Å². The van der Waals surface area contributed by atoms with Gasteiger partial charge in [-0.2, -0.15) is 0 Å². The molecular weight excluding hydrogens is 652 g/mol. The minimum atomic E-state index is -3.16. The average Bonchev–Trinajstić information content (AvgIpc) is 3.16. The first kappa shape index (κ1) is 47.7. The molecule has 0 saturated carbocycles. The molecule has 0 fully saturated rings. The van der Waals surface area contributed by atoms with Crippen LogP contribution in [0, 0.1) is 0 Å². The van der Waals surface area contributed by atoms with Crippen molar-refractivity contribution in [1.82, 2.24) is 0 Å². The SMILES string of the molecule is CCCCCCCCCCCCCCCC(O)C(=O)C(O)(C(=O)C=Cc1ccc(OC)cc1)C(=O)C(O)CCCCCCCCCCCCCCC. The van der Waals surface area contributed by atoms with Gasteiger partial charge in [0.2, 0.25) is 23.0 Å². The fourth-order valence-corrected chi connectivity index (χ4v) is 6.83. The quantitative estimate of drug-likeness (QED) is 0.0357. The lowest BCUT2D eigenvalue weighted by molar-refractivity contribution is -0.165. The molecule has 7 nitrogen and oxygen atoms in total. The first-order valence-electron chi connectivity index (χ1n) is 21.3. The van der Waals surface area contributed by atoms with Gasteiger partial charge in [0, 0.05) is 0 Å². The summed E-state index contributed by atoms with van der Waals surface area (Å²) in [6, 6.07) is 6.79. The highest BCUT2D eigenvalue weighted by atomic mass is 16.5. The van der Waals surface area contributed by atoms with Crippen LogP contribution in [0.4, 0.5) is 0 Å².